The molecular formula is C57H44ClCr2N9O8. The summed E-state index contributed by atoms with van der Waals surface area (Å²) >= 11 is 5.92. The van der Waals surface area contributed by atoms with Crippen LogP contribution in [-0.4, -0.2) is 82.4 Å². The van der Waals surface area contributed by atoms with Crippen LogP contribution in [0.5, 0.6) is 23.0 Å². The third-order valence-electron chi connectivity index (χ3n) is 10.3. The van der Waals surface area contributed by atoms with Gasteiger partial charge in [0.1, 0.15) is 23.0 Å². The molecule has 1 aromatic heterocycles. The topological polar surface area (TPSA) is 268 Å². The molecule has 77 heavy (non-hydrogen) atoms. The summed E-state index contributed by atoms with van der Waals surface area (Å²) in [6.45, 7) is 0. The van der Waals surface area contributed by atoms with Gasteiger partial charge in [-0.25, -0.2) is 9.59 Å². The molecule has 0 atom stereocenters. The van der Waals surface area contributed by atoms with Crippen molar-refractivity contribution < 1.29 is 75.0 Å². The van der Waals surface area contributed by atoms with Crippen LogP contribution in [0, 0.1) is 0 Å². The zero-order valence-corrected chi connectivity index (χ0v) is 43.4. The number of halogens is 1. The predicted octanol–water partition coefficient (Wildman–Crippen LogP) is 12.6. The molecule has 0 saturated carbocycles. The number of aliphatic imine (C=N–C) groups is 4. The van der Waals surface area contributed by atoms with Gasteiger partial charge >= 0.3 is 11.9 Å². The molecule has 0 fully saturated rings. The molecule has 8 aromatic carbocycles. The maximum absolute atomic E-state index is 10.9. The van der Waals surface area contributed by atoms with Crippen molar-refractivity contribution in [1.29, 1.82) is 0 Å². The van der Waals surface area contributed by atoms with Crippen LogP contribution < -0.4 is 10.6 Å². The second kappa shape index (κ2) is 29.4. The van der Waals surface area contributed by atoms with Crippen LogP contribution in [0.25, 0.3) is 0 Å². The standard InChI is InChI=1S/2C20H16N2O2.C17H12ClN5O4.2Cr/c2*23-19-11-5-1-7-15(19)13-21-17-9-3-4-10-18(17)22-14-16-8-2-6-12-20(16)24;18-15-21-16(19-11-5-1-9(2-6-11)13(24)25)23-17(22-15)20-12-7-3-10(4-8-12)14(26)27;;/h2*1-14,23-24H;1-8H,(H,24,25)(H,26,27)(H2,19,20,21,22,23);;. The summed E-state index contributed by atoms with van der Waals surface area (Å²) in [4.78, 5) is 51.5. The number of benzene rings is 8. The summed E-state index contributed by atoms with van der Waals surface area (Å²) < 4.78 is 0. The molecule has 0 aliphatic heterocycles. The van der Waals surface area contributed by atoms with Crippen LogP contribution >= 0.6 is 11.6 Å². The van der Waals surface area contributed by atoms with Crippen LogP contribution in [0.15, 0.2) is 214 Å². The first-order valence-corrected chi connectivity index (χ1v) is 22.8. The Morgan fingerprint density at radius 2 is 0.623 bits per heavy atom. The van der Waals surface area contributed by atoms with Gasteiger partial charge in [0.05, 0.1) is 33.9 Å². The van der Waals surface area contributed by atoms with Crippen LogP contribution in [0.2, 0.25) is 5.28 Å². The zero-order chi connectivity index (χ0) is 52.9. The van der Waals surface area contributed by atoms with Crippen molar-refractivity contribution in [3.8, 4) is 23.0 Å². The number of aromatic carboxylic acids is 2. The van der Waals surface area contributed by atoms with E-state index >= 15 is 0 Å². The van der Waals surface area contributed by atoms with Gasteiger partial charge in [0.2, 0.25) is 17.2 Å². The molecule has 0 aliphatic rings. The third kappa shape index (κ3) is 17.9. The Balaban J connectivity index is 0.000000211. The predicted molar refractivity (Wildman–Crippen MR) is 293 cm³/mol. The number of aromatic hydroxyl groups is 4. The van der Waals surface area contributed by atoms with E-state index in [2.05, 4.69) is 45.6 Å². The minimum atomic E-state index is -1.02. The summed E-state index contributed by atoms with van der Waals surface area (Å²) in [7, 11) is 0. The molecule has 0 amide bonds. The van der Waals surface area contributed by atoms with Gasteiger partial charge in [-0.2, -0.15) is 15.0 Å². The Morgan fingerprint density at radius 3 is 0.870 bits per heavy atom. The molecule has 8 N–H and O–H groups in total. The van der Waals surface area contributed by atoms with Gasteiger partial charge in [0, 0.05) is 93.2 Å². The van der Waals surface area contributed by atoms with Gasteiger partial charge in [-0.3, -0.25) is 20.0 Å². The zero-order valence-electron chi connectivity index (χ0n) is 40.1. The van der Waals surface area contributed by atoms with Crippen molar-refractivity contribution in [2.24, 2.45) is 20.0 Å². The number of carbonyl (C=O) groups is 2. The monoisotopic (exact) mass is 1120 g/mol. The van der Waals surface area contributed by atoms with Crippen LogP contribution in [0.4, 0.5) is 46.0 Å². The van der Waals surface area contributed by atoms with Crippen molar-refractivity contribution in [3.63, 3.8) is 0 Å². The van der Waals surface area contributed by atoms with Gasteiger partial charge < -0.3 is 41.3 Å². The molecule has 0 bridgehead atoms. The van der Waals surface area contributed by atoms with E-state index in [1.165, 1.54) is 24.3 Å². The SMILES string of the molecule is O=C(O)c1ccc(Nc2nc(Cl)nc(Nc3ccc(C(=O)O)cc3)n2)cc1.Oc1ccccc1C=Nc1ccccc1N=Cc1ccccc1O.Oc1ccccc1C=Nc1ccccc1N=Cc1ccccc1O.[Cr].[Cr]. The Kier molecular flexibility index (Phi) is 22.3. The normalized spacial score (nSPS) is 10.7. The van der Waals surface area contributed by atoms with E-state index in [0.29, 0.717) is 56.4 Å². The number of carboxylic acid groups (broad SMARTS) is 2. The number of phenols is 4. The number of para-hydroxylation sites is 8. The van der Waals surface area contributed by atoms with Crippen molar-refractivity contribution >= 4 is 94.4 Å². The Bertz CT molecular complexity index is 3170. The van der Waals surface area contributed by atoms with E-state index < -0.39 is 11.9 Å². The fraction of sp³-hybridized carbons (Fsp3) is 0. The molecule has 0 unspecified atom stereocenters. The number of phenolic OH excluding ortho intramolecular Hbond substituents is 4. The minimum Gasteiger partial charge on any atom is -0.507 e. The number of anilines is 4. The summed E-state index contributed by atoms with van der Waals surface area (Å²) in [5.74, 6) is -1.03. The van der Waals surface area contributed by atoms with E-state index in [-0.39, 0.29) is 86.0 Å². The number of nitrogens with one attached hydrogen (secondary N) is 2. The van der Waals surface area contributed by atoms with E-state index in [4.69, 9.17) is 21.8 Å². The van der Waals surface area contributed by atoms with Gasteiger partial charge in [-0.05, 0) is 133 Å². The molecule has 1 heterocycles. The molecule has 0 saturated heterocycles. The molecule has 9 rings (SSSR count). The van der Waals surface area contributed by atoms with Crippen molar-refractivity contribution in [1.82, 2.24) is 15.0 Å². The molecular weight excluding hydrogens is 1080 g/mol. The fourth-order valence-electron chi connectivity index (χ4n) is 6.42. The first-order valence-electron chi connectivity index (χ1n) is 22.5. The van der Waals surface area contributed by atoms with E-state index in [1.807, 2.05) is 72.8 Å². The van der Waals surface area contributed by atoms with E-state index in [1.54, 1.807) is 122 Å². The molecule has 20 heteroatoms. The summed E-state index contributed by atoms with van der Waals surface area (Å²) in [6.07, 6.45) is 6.40. The Morgan fingerprint density at radius 1 is 0.377 bits per heavy atom. The van der Waals surface area contributed by atoms with E-state index in [9.17, 15) is 30.0 Å². The molecule has 384 valence electrons. The van der Waals surface area contributed by atoms with Crippen LogP contribution in [0.3, 0.4) is 0 Å². The molecule has 17 nitrogen and oxygen atoms in total. The Hall–Kier alpha value is -9.46. The average Bonchev–Trinajstić information content (AvgIpc) is 3.41. The average molecular weight is 1120 g/mol. The van der Waals surface area contributed by atoms with E-state index in [0.717, 1.165) is 0 Å². The molecule has 0 spiro atoms. The van der Waals surface area contributed by atoms with Gasteiger partial charge in [-0.1, -0.05) is 72.8 Å². The largest absolute Gasteiger partial charge is 0.507 e. The maximum atomic E-state index is 10.9. The molecule has 9 aromatic rings. The third-order valence-corrected chi connectivity index (χ3v) is 10.4. The minimum absolute atomic E-state index is 0. The summed E-state index contributed by atoms with van der Waals surface area (Å²) in [5.41, 5.74) is 6.68. The molecule has 0 aliphatic carbocycles. The van der Waals surface area contributed by atoms with Gasteiger partial charge in [-0.15, -0.1) is 0 Å². The Labute approximate surface area is 468 Å². The summed E-state index contributed by atoms with van der Waals surface area (Å²) in [5, 5.41) is 62.7. The number of aromatic nitrogens is 3. The van der Waals surface area contributed by atoms with Gasteiger partial charge in [0.25, 0.3) is 0 Å². The number of nitrogens with zero attached hydrogens (tertiary/aromatic N) is 7. The second-order valence-electron chi connectivity index (χ2n) is 15.5. The second-order valence-corrected chi connectivity index (χ2v) is 15.9. The summed E-state index contributed by atoms with van der Waals surface area (Å²) in [6, 6.07) is 54.9. The number of carboxylic acids is 2. The van der Waals surface area contributed by atoms with Crippen LogP contribution in [0.1, 0.15) is 43.0 Å². The smallest absolute Gasteiger partial charge is 0.335 e. The maximum Gasteiger partial charge on any atom is 0.335 e. The van der Waals surface area contributed by atoms with Crippen LogP contribution in [-0.2, 0) is 34.7 Å². The van der Waals surface area contributed by atoms with Crippen molar-refractivity contribution in [2.45, 2.75) is 0 Å². The number of hydrogen-bond acceptors (Lipinski definition) is 15. The first kappa shape index (κ1) is 58.4. The van der Waals surface area contributed by atoms with Crippen molar-refractivity contribution in [2.75, 3.05) is 10.6 Å². The molecule has 0 radical (unpaired) electrons. The quantitative estimate of drug-likeness (QED) is 0.0471. The van der Waals surface area contributed by atoms with Gasteiger partial charge in [0.15, 0.2) is 0 Å². The number of rotatable bonds is 14. The fourth-order valence-corrected chi connectivity index (χ4v) is 6.58. The van der Waals surface area contributed by atoms with Crippen molar-refractivity contribution in [3.05, 3.63) is 233 Å². The first-order chi connectivity index (χ1) is 36.4. The number of hydrogen-bond donors (Lipinski definition) is 8.